The van der Waals surface area contributed by atoms with Gasteiger partial charge in [-0.3, -0.25) is 4.79 Å². The maximum Gasteiger partial charge on any atom is 0.306 e. The minimum atomic E-state index is -0.645. The number of carbonyl (C=O) groups is 1. The lowest BCUT2D eigenvalue weighted by molar-refractivity contribution is -0.138. The molecule has 1 N–H and O–H groups in total. The zero-order valence-electron chi connectivity index (χ0n) is 11.1. The molecule has 0 saturated heterocycles. The summed E-state index contributed by atoms with van der Waals surface area (Å²) >= 11 is 0. The average molecular weight is 261 g/mol. The van der Waals surface area contributed by atoms with E-state index in [1.165, 1.54) is 11.1 Å². The van der Waals surface area contributed by atoms with Crippen LogP contribution in [0.3, 0.4) is 0 Å². The molecule has 1 fully saturated rings. The van der Waals surface area contributed by atoms with Crippen molar-refractivity contribution in [3.63, 3.8) is 0 Å². The van der Waals surface area contributed by atoms with E-state index in [1.54, 1.807) is 0 Å². The van der Waals surface area contributed by atoms with Crippen LogP contribution in [-0.2, 0) is 17.8 Å². The van der Waals surface area contributed by atoms with E-state index < -0.39 is 5.97 Å². The maximum atomic E-state index is 10.8. The standard InChI is InChI=1S/C15H19NO3/c1-16(9-12-7-13(12)15(17)18)8-10-2-3-14-11(6-10)4-5-19-14/h2-3,6,12-13H,4-5,7-9H2,1H3,(H,17,18). The molecule has 0 spiro atoms. The summed E-state index contributed by atoms with van der Waals surface area (Å²) in [7, 11) is 2.06. The van der Waals surface area contributed by atoms with Gasteiger partial charge in [0.2, 0.25) is 0 Å². The normalized spacial score (nSPS) is 24.1. The number of fused-ring (bicyclic) bond motifs is 1. The van der Waals surface area contributed by atoms with Gasteiger partial charge in [0.05, 0.1) is 12.5 Å². The lowest BCUT2D eigenvalue weighted by Crippen LogP contribution is -2.21. The number of carboxylic acids is 1. The molecule has 1 aromatic carbocycles. The lowest BCUT2D eigenvalue weighted by Gasteiger charge is -2.16. The Kier molecular flexibility index (Phi) is 3.19. The predicted molar refractivity (Wildman–Crippen MR) is 71.2 cm³/mol. The van der Waals surface area contributed by atoms with Crippen molar-refractivity contribution < 1.29 is 14.6 Å². The first-order valence-electron chi connectivity index (χ1n) is 6.79. The van der Waals surface area contributed by atoms with Crippen LogP contribution in [0.5, 0.6) is 5.75 Å². The van der Waals surface area contributed by atoms with Crippen LogP contribution < -0.4 is 4.74 Å². The monoisotopic (exact) mass is 261 g/mol. The molecule has 0 amide bonds. The Hall–Kier alpha value is -1.55. The van der Waals surface area contributed by atoms with E-state index in [0.717, 1.165) is 38.3 Å². The van der Waals surface area contributed by atoms with Crippen LogP contribution in [0.15, 0.2) is 18.2 Å². The zero-order valence-corrected chi connectivity index (χ0v) is 11.1. The molecule has 0 radical (unpaired) electrons. The Labute approximate surface area is 113 Å². The highest BCUT2D eigenvalue weighted by atomic mass is 16.5. The van der Waals surface area contributed by atoms with Crippen LogP contribution in [0.1, 0.15) is 17.5 Å². The van der Waals surface area contributed by atoms with Crippen molar-refractivity contribution in [2.45, 2.75) is 19.4 Å². The molecule has 1 saturated carbocycles. The van der Waals surface area contributed by atoms with Crippen molar-refractivity contribution in [2.24, 2.45) is 11.8 Å². The highest BCUT2D eigenvalue weighted by Crippen LogP contribution is 2.39. The van der Waals surface area contributed by atoms with Gasteiger partial charge in [-0.2, -0.15) is 0 Å². The second-order valence-electron chi connectivity index (χ2n) is 5.68. The van der Waals surface area contributed by atoms with Gasteiger partial charge in [0, 0.05) is 19.5 Å². The number of nitrogens with zero attached hydrogens (tertiary/aromatic N) is 1. The Bertz CT molecular complexity index is 500. The maximum absolute atomic E-state index is 10.8. The molecule has 19 heavy (non-hydrogen) atoms. The van der Waals surface area contributed by atoms with E-state index in [9.17, 15) is 4.79 Å². The van der Waals surface area contributed by atoms with Crippen molar-refractivity contribution in [1.29, 1.82) is 0 Å². The summed E-state index contributed by atoms with van der Waals surface area (Å²) in [5.74, 6) is 0.587. The summed E-state index contributed by atoms with van der Waals surface area (Å²) in [6.45, 7) is 2.53. The summed E-state index contributed by atoms with van der Waals surface area (Å²) in [5, 5.41) is 8.90. The largest absolute Gasteiger partial charge is 0.493 e. The summed E-state index contributed by atoms with van der Waals surface area (Å²) in [5.41, 5.74) is 2.57. The summed E-state index contributed by atoms with van der Waals surface area (Å²) in [6.07, 6.45) is 1.83. The summed E-state index contributed by atoms with van der Waals surface area (Å²) < 4.78 is 5.49. The van der Waals surface area contributed by atoms with E-state index in [2.05, 4.69) is 24.1 Å². The third kappa shape index (κ3) is 2.73. The number of rotatable bonds is 5. The van der Waals surface area contributed by atoms with Crippen LogP contribution in [-0.4, -0.2) is 36.2 Å². The molecular weight excluding hydrogens is 242 g/mol. The Morgan fingerprint density at radius 3 is 3.11 bits per heavy atom. The lowest BCUT2D eigenvalue weighted by atomic mass is 10.1. The number of hydrogen-bond donors (Lipinski definition) is 1. The van der Waals surface area contributed by atoms with Crippen molar-refractivity contribution in [3.05, 3.63) is 29.3 Å². The minimum absolute atomic E-state index is 0.115. The second kappa shape index (κ2) is 4.85. The first-order valence-corrected chi connectivity index (χ1v) is 6.79. The van der Waals surface area contributed by atoms with E-state index in [-0.39, 0.29) is 5.92 Å². The molecule has 1 heterocycles. The van der Waals surface area contributed by atoms with Gasteiger partial charge in [0.15, 0.2) is 0 Å². The zero-order chi connectivity index (χ0) is 13.4. The molecule has 4 nitrogen and oxygen atoms in total. The quantitative estimate of drug-likeness (QED) is 0.877. The van der Waals surface area contributed by atoms with Gasteiger partial charge in [-0.25, -0.2) is 0 Å². The summed E-state index contributed by atoms with van der Waals surface area (Å²) in [4.78, 5) is 13.0. The van der Waals surface area contributed by atoms with Crippen LogP contribution in [0.25, 0.3) is 0 Å². The van der Waals surface area contributed by atoms with Gasteiger partial charge < -0.3 is 14.7 Å². The van der Waals surface area contributed by atoms with Crippen LogP contribution in [0.2, 0.25) is 0 Å². The van der Waals surface area contributed by atoms with Crippen LogP contribution >= 0.6 is 0 Å². The van der Waals surface area contributed by atoms with Gasteiger partial charge in [-0.05, 0) is 36.6 Å². The smallest absolute Gasteiger partial charge is 0.306 e. The topological polar surface area (TPSA) is 49.8 Å². The average Bonchev–Trinajstić information content (AvgIpc) is 2.97. The number of hydrogen-bond acceptors (Lipinski definition) is 3. The van der Waals surface area contributed by atoms with Crippen molar-refractivity contribution in [3.8, 4) is 5.75 Å². The fourth-order valence-electron chi connectivity index (χ4n) is 2.87. The molecule has 1 aliphatic carbocycles. The number of ether oxygens (including phenoxy) is 1. The molecule has 3 rings (SSSR count). The van der Waals surface area contributed by atoms with E-state index >= 15 is 0 Å². The highest BCUT2D eigenvalue weighted by Gasteiger charge is 2.43. The molecule has 2 atom stereocenters. The van der Waals surface area contributed by atoms with Gasteiger partial charge in [0.25, 0.3) is 0 Å². The SMILES string of the molecule is CN(Cc1ccc2c(c1)CCO2)CC1CC1C(=O)O. The van der Waals surface area contributed by atoms with Gasteiger partial charge in [0.1, 0.15) is 5.75 Å². The van der Waals surface area contributed by atoms with Crippen molar-refractivity contribution in [1.82, 2.24) is 4.90 Å². The van der Waals surface area contributed by atoms with Crippen molar-refractivity contribution >= 4 is 5.97 Å². The summed E-state index contributed by atoms with van der Waals surface area (Å²) in [6, 6.07) is 6.35. The fraction of sp³-hybridized carbons (Fsp3) is 0.533. The van der Waals surface area contributed by atoms with Gasteiger partial charge >= 0.3 is 5.97 Å². The molecule has 4 heteroatoms. The van der Waals surface area contributed by atoms with E-state index in [4.69, 9.17) is 9.84 Å². The third-order valence-corrected chi connectivity index (χ3v) is 3.99. The van der Waals surface area contributed by atoms with Crippen LogP contribution in [0.4, 0.5) is 0 Å². The van der Waals surface area contributed by atoms with E-state index in [1.807, 2.05) is 6.07 Å². The second-order valence-corrected chi connectivity index (χ2v) is 5.68. The molecule has 0 bridgehead atoms. The number of carboxylic acid groups (broad SMARTS) is 1. The fourth-order valence-corrected chi connectivity index (χ4v) is 2.87. The molecule has 0 aromatic heterocycles. The molecule has 2 aliphatic rings. The van der Waals surface area contributed by atoms with Crippen LogP contribution in [0, 0.1) is 11.8 Å². The Morgan fingerprint density at radius 2 is 2.37 bits per heavy atom. The first kappa shape index (κ1) is 12.5. The molecule has 102 valence electrons. The minimum Gasteiger partial charge on any atom is -0.493 e. The molecule has 1 aromatic rings. The van der Waals surface area contributed by atoms with Gasteiger partial charge in [-0.1, -0.05) is 12.1 Å². The molecule has 1 aliphatic heterocycles. The molecular formula is C15H19NO3. The number of aliphatic carboxylic acids is 1. The highest BCUT2D eigenvalue weighted by molar-refractivity contribution is 5.73. The number of benzene rings is 1. The van der Waals surface area contributed by atoms with E-state index in [0.29, 0.717) is 5.92 Å². The predicted octanol–water partition coefficient (Wildman–Crippen LogP) is 1.77. The Balaban J connectivity index is 1.55. The van der Waals surface area contributed by atoms with Gasteiger partial charge in [-0.15, -0.1) is 0 Å². The first-order chi connectivity index (χ1) is 9.13. The molecule has 2 unspecified atom stereocenters. The van der Waals surface area contributed by atoms with Crippen molar-refractivity contribution in [2.75, 3.05) is 20.2 Å². The third-order valence-electron chi connectivity index (χ3n) is 3.99. The Morgan fingerprint density at radius 1 is 1.53 bits per heavy atom.